The van der Waals surface area contributed by atoms with Crippen molar-refractivity contribution in [3.8, 4) is 0 Å². The number of rotatable bonds is 4. The zero-order chi connectivity index (χ0) is 16.0. The van der Waals surface area contributed by atoms with E-state index in [-0.39, 0.29) is 17.1 Å². The molecule has 0 fully saturated rings. The Kier molecular flexibility index (Phi) is 5.52. The fourth-order valence-electron chi connectivity index (χ4n) is 1.46. The molecular formula is C14H13F4N3. The number of pyridine rings is 1. The van der Waals surface area contributed by atoms with Crippen LogP contribution in [0.3, 0.4) is 0 Å². The SMILES string of the molecule is C=C(/C=C(\C=N/C)C(F)(F)F)/N=C(\C)c1ncccc1F. The maximum atomic E-state index is 13.5. The molecular weight excluding hydrogens is 286 g/mol. The normalized spacial score (nSPS) is 13.8. The Hall–Kier alpha value is -2.31. The maximum absolute atomic E-state index is 13.5. The number of halogens is 4. The van der Waals surface area contributed by atoms with E-state index in [9.17, 15) is 17.6 Å². The van der Waals surface area contributed by atoms with Gasteiger partial charge in [-0.25, -0.2) is 4.39 Å². The molecule has 3 nitrogen and oxygen atoms in total. The highest BCUT2D eigenvalue weighted by molar-refractivity contribution is 5.98. The summed E-state index contributed by atoms with van der Waals surface area (Å²) in [6.45, 7) is 4.85. The third kappa shape index (κ3) is 4.94. The molecule has 0 aliphatic heterocycles. The lowest BCUT2D eigenvalue weighted by atomic mass is 10.2. The van der Waals surface area contributed by atoms with Crippen LogP contribution in [0.2, 0.25) is 0 Å². The van der Waals surface area contributed by atoms with Crippen molar-refractivity contribution in [2.24, 2.45) is 9.98 Å². The molecule has 1 aromatic heterocycles. The molecule has 0 saturated carbocycles. The van der Waals surface area contributed by atoms with Gasteiger partial charge in [0.2, 0.25) is 0 Å². The molecule has 21 heavy (non-hydrogen) atoms. The van der Waals surface area contributed by atoms with Gasteiger partial charge in [-0.1, -0.05) is 6.58 Å². The third-order valence-corrected chi connectivity index (χ3v) is 2.33. The zero-order valence-corrected chi connectivity index (χ0v) is 11.4. The molecule has 0 aliphatic rings. The van der Waals surface area contributed by atoms with E-state index in [0.717, 1.165) is 6.08 Å². The lowest BCUT2D eigenvalue weighted by molar-refractivity contribution is -0.0856. The molecule has 0 atom stereocenters. The minimum Gasteiger partial charge on any atom is -0.296 e. The Morgan fingerprint density at radius 3 is 2.57 bits per heavy atom. The highest BCUT2D eigenvalue weighted by atomic mass is 19.4. The van der Waals surface area contributed by atoms with E-state index in [1.54, 1.807) is 0 Å². The Morgan fingerprint density at radius 1 is 1.38 bits per heavy atom. The second kappa shape index (κ2) is 6.92. The lowest BCUT2D eigenvalue weighted by Gasteiger charge is -2.07. The molecule has 0 saturated heterocycles. The van der Waals surface area contributed by atoms with Gasteiger partial charge in [0.05, 0.1) is 17.0 Å². The summed E-state index contributed by atoms with van der Waals surface area (Å²) < 4.78 is 51.5. The molecule has 0 unspecified atom stereocenters. The van der Waals surface area contributed by atoms with Crippen LogP contribution in [0.25, 0.3) is 0 Å². The van der Waals surface area contributed by atoms with Crippen LogP contribution in [0.5, 0.6) is 0 Å². The number of nitrogens with zero attached hydrogens (tertiary/aromatic N) is 3. The van der Waals surface area contributed by atoms with Gasteiger partial charge in [0.25, 0.3) is 0 Å². The van der Waals surface area contributed by atoms with E-state index in [1.165, 1.54) is 32.3 Å². The Morgan fingerprint density at radius 2 is 2.05 bits per heavy atom. The van der Waals surface area contributed by atoms with Crippen molar-refractivity contribution < 1.29 is 17.6 Å². The number of alkyl halides is 3. The van der Waals surface area contributed by atoms with Crippen molar-refractivity contribution in [1.29, 1.82) is 0 Å². The fourth-order valence-corrected chi connectivity index (χ4v) is 1.46. The average Bonchev–Trinajstić information content (AvgIpc) is 2.37. The minimum absolute atomic E-state index is 0.0373. The number of hydrogen-bond acceptors (Lipinski definition) is 3. The standard InChI is InChI=1S/C14H13F4N3/c1-9(7-11(8-19-3)14(16,17)18)21-10(2)13-12(15)5-4-6-20-13/h4-8H,1H2,2-3H3/b11-7+,19-8-,21-10+. The summed E-state index contributed by atoms with van der Waals surface area (Å²) in [5.41, 5.74) is -1.08. The number of allylic oxidation sites excluding steroid dienone is 2. The first-order valence-corrected chi connectivity index (χ1v) is 5.82. The van der Waals surface area contributed by atoms with Crippen LogP contribution in [0.4, 0.5) is 17.6 Å². The highest BCUT2D eigenvalue weighted by Gasteiger charge is 2.32. The molecule has 112 valence electrons. The third-order valence-electron chi connectivity index (χ3n) is 2.33. The second-order valence-electron chi connectivity index (χ2n) is 4.01. The largest absolute Gasteiger partial charge is 0.417 e. The Balaban J connectivity index is 3.09. The van der Waals surface area contributed by atoms with Crippen molar-refractivity contribution >= 4 is 11.9 Å². The first-order chi connectivity index (χ1) is 9.75. The van der Waals surface area contributed by atoms with E-state index >= 15 is 0 Å². The monoisotopic (exact) mass is 299 g/mol. The number of aromatic nitrogens is 1. The van der Waals surface area contributed by atoms with Gasteiger partial charge in [-0.15, -0.1) is 0 Å². The average molecular weight is 299 g/mol. The van der Waals surface area contributed by atoms with Crippen molar-refractivity contribution in [3.05, 3.63) is 53.8 Å². The molecule has 1 heterocycles. The summed E-state index contributed by atoms with van der Waals surface area (Å²) in [6.07, 6.45) is -1.81. The quantitative estimate of drug-likeness (QED) is 0.474. The summed E-state index contributed by atoms with van der Waals surface area (Å²) in [6, 6.07) is 2.59. The molecule has 7 heteroatoms. The lowest BCUT2D eigenvalue weighted by Crippen LogP contribution is -2.13. The van der Waals surface area contributed by atoms with E-state index < -0.39 is 17.6 Å². The fraction of sp³-hybridized carbons (Fsp3) is 0.214. The molecule has 0 spiro atoms. The molecule has 1 aromatic rings. The number of hydrogen-bond donors (Lipinski definition) is 0. The smallest absolute Gasteiger partial charge is 0.296 e. The summed E-state index contributed by atoms with van der Waals surface area (Å²) >= 11 is 0. The maximum Gasteiger partial charge on any atom is 0.417 e. The molecule has 0 radical (unpaired) electrons. The first kappa shape index (κ1) is 16.7. The van der Waals surface area contributed by atoms with Crippen LogP contribution in [-0.2, 0) is 0 Å². The molecule has 0 aliphatic carbocycles. The molecule has 1 rings (SSSR count). The summed E-state index contributed by atoms with van der Waals surface area (Å²) in [5.74, 6) is -0.610. The summed E-state index contributed by atoms with van der Waals surface area (Å²) in [5, 5.41) is 0. The zero-order valence-electron chi connectivity index (χ0n) is 11.4. The van der Waals surface area contributed by atoms with E-state index in [4.69, 9.17) is 0 Å². The predicted molar refractivity (Wildman–Crippen MR) is 74.1 cm³/mol. The van der Waals surface area contributed by atoms with Gasteiger partial charge in [-0.2, -0.15) is 13.2 Å². The van der Waals surface area contributed by atoms with Crippen molar-refractivity contribution in [2.45, 2.75) is 13.1 Å². The Bertz CT molecular complexity index is 613. The van der Waals surface area contributed by atoms with E-state index in [0.29, 0.717) is 6.21 Å². The topological polar surface area (TPSA) is 37.6 Å². The van der Waals surface area contributed by atoms with Crippen LogP contribution < -0.4 is 0 Å². The van der Waals surface area contributed by atoms with Gasteiger partial charge in [0.15, 0.2) is 5.82 Å². The van der Waals surface area contributed by atoms with Crippen LogP contribution in [-0.4, -0.2) is 30.1 Å². The van der Waals surface area contributed by atoms with E-state index in [2.05, 4.69) is 21.5 Å². The Labute approximate surface area is 119 Å². The highest BCUT2D eigenvalue weighted by Crippen LogP contribution is 2.25. The van der Waals surface area contributed by atoms with Gasteiger partial charge in [-0.3, -0.25) is 15.0 Å². The molecule has 0 amide bonds. The van der Waals surface area contributed by atoms with Crippen LogP contribution >= 0.6 is 0 Å². The predicted octanol–water partition coefficient (Wildman–Crippen LogP) is 3.73. The van der Waals surface area contributed by atoms with Gasteiger partial charge in [-0.05, 0) is 25.1 Å². The minimum atomic E-state index is -4.57. The first-order valence-electron chi connectivity index (χ1n) is 5.82. The van der Waals surface area contributed by atoms with Gasteiger partial charge >= 0.3 is 6.18 Å². The van der Waals surface area contributed by atoms with Crippen LogP contribution in [0.15, 0.2) is 52.2 Å². The molecule has 0 aromatic carbocycles. The van der Waals surface area contributed by atoms with Gasteiger partial charge in [0, 0.05) is 19.5 Å². The van der Waals surface area contributed by atoms with Gasteiger partial charge < -0.3 is 0 Å². The summed E-state index contributed by atoms with van der Waals surface area (Å²) in [4.78, 5) is 10.9. The van der Waals surface area contributed by atoms with Crippen molar-refractivity contribution in [2.75, 3.05) is 7.05 Å². The summed E-state index contributed by atoms with van der Waals surface area (Å²) in [7, 11) is 1.22. The second-order valence-corrected chi connectivity index (χ2v) is 4.01. The van der Waals surface area contributed by atoms with Crippen LogP contribution in [0.1, 0.15) is 12.6 Å². The number of aliphatic imine (C=N–C) groups is 2. The molecule has 0 bridgehead atoms. The van der Waals surface area contributed by atoms with Crippen LogP contribution in [0, 0.1) is 5.82 Å². The van der Waals surface area contributed by atoms with Crippen molar-refractivity contribution in [1.82, 2.24) is 4.98 Å². The van der Waals surface area contributed by atoms with Gasteiger partial charge in [0.1, 0.15) is 5.69 Å². The van der Waals surface area contributed by atoms with E-state index in [1.807, 2.05) is 0 Å². The van der Waals surface area contributed by atoms with Crippen molar-refractivity contribution in [3.63, 3.8) is 0 Å². The molecule has 0 N–H and O–H groups in total.